The molecule has 0 aliphatic carbocycles. The summed E-state index contributed by atoms with van der Waals surface area (Å²) in [5.41, 5.74) is 2.13. The molecule has 0 saturated carbocycles. The van der Waals surface area contributed by atoms with Gasteiger partial charge in [-0.25, -0.2) is 0 Å². The summed E-state index contributed by atoms with van der Waals surface area (Å²) < 4.78 is 8.04. The monoisotopic (exact) mass is 303 g/mol. The van der Waals surface area contributed by atoms with Crippen LogP contribution in [0.5, 0.6) is 0 Å². The first-order valence-corrected chi connectivity index (χ1v) is 7.96. The number of rotatable bonds is 5. The minimum Gasteiger partial charge on any atom is -0.377 e. The molecule has 6 nitrogen and oxygen atoms in total. The normalized spacial score (nSPS) is 16.8. The number of fused-ring (bicyclic) bond motifs is 1. The van der Waals surface area contributed by atoms with Crippen LogP contribution in [0.25, 0.3) is 5.65 Å². The Morgan fingerprint density at radius 2 is 2.00 bits per heavy atom. The molecular formula is C16H25N5O. The van der Waals surface area contributed by atoms with E-state index < -0.39 is 0 Å². The van der Waals surface area contributed by atoms with Crippen molar-refractivity contribution in [3.63, 3.8) is 0 Å². The van der Waals surface area contributed by atoms with E-state index in [-0.39, 0.29) is 0 Å². The summed E-state index contributed by atoms with van der Waals surface area (Å²) in [6, 6.07) is 4.08. The molecule has 1 aliphatic rings. The highest BCUT2D eigenvalue weighted by Gasteiger charge is 2.22. The number of aryl methyl sites for hydroxylation is 1. The van der Waals surface area contributed by atoms with Crippen molar-refractivity contribution in [3.8, 4) is 0 Å². The van der Waals surface area contributed by atoms with Gasteiger partial charge in [0.05, 0.1) is 12.7 Å². The van der Waals surface area contributed by atoms with Crippen LogP contribution in [0.15, 0.2) is 18.3 Å². The van der Waals surface area contributed by atoms with Gasteiger partial charge in [0, 0.05) is 25.8 Å². The maximum atomic E-state index is 5.95. The van der Waals surface area contributed by atoms with Crippen LogP contribution in [0.1, 0.15) is 18.4 Å². The lowest BCUT2D eigenvalue weighted by molar-refractivity contribution is 0.0292. The lowest BCUT2D eigenvalue weighted by Gasteiger charge is -2.32. The van der Waals surface area contributed by atoms with Gasteiger partial charge in [0.2, 0.25) is 5.95 Å². The zero-order valence-corrected chi connectivity index (χ0v) is 13.7. The van der Waals surface area contributed by atoms with E-state index in [4.69, 9.17) is 4.74 Å². The number of hydrogen-bond acceptors (Lipinski definition) is 5. The molecule has 0 radical (unpaired) electrons. The first-order chi connectivity index (χ1) is 10.6. The molecule has 0 aromatic carbocycles. The highest BCUT2D eigenvalue weighted by atomic mass is 16.5. The maximum absolute atomic E-state index is 5.95. The standard InChI is InChI=1S/C16H25N5O/c1-13-4-5-15-17-18-16(21(15)12-13)20-8-6-14(7-9-20)22-11-10-19(2)3/h4-5,12,14H,6-11H2,1-3H3. The second-order valence-electron chi connectivity index (χ2n) is 6.30. The summed E-state index contributed by atoms with van der Waals surface area (Å²) in [5.74, 6) is 0.949. The van der Waals surface area contributed by atoms with Crippen molar-refractivity contribution in [1.82, 2.24) is 19.5 Å². The van der Waals surface area contributed by atoms with Gasteiger partial charge in [-0.3, -0.25) is 4.40 Å². The molecule has 0 spiro atoms. The number of anilines is 1. The van der Waals surface area contributed by atoms with E-state index in [0.717, 1.165) is 50.7 Å². The number of hydrogen-bond donors (Lipinski definition) is 0. The first-order valence-electron chi connectivity index (χ1n) is 7.96. The number of nitrogens with zero attached hydrogens (tertiary/aromatic N) is 5. The summed E-state index contributed by atoms with van der Waals surface area (Å²) in [6.45, 7) is 5.83. The molecule has 22 heavy (non-hydrogen) atoms. The fourth-order valence-electron chi connectivity index (χ4n) is 2.82. The van der Waals surface area contributed by atoms with Crippen LogP contribution in [-0.4, -0.2) is 65.9 Å². The van der Waals surface area contributed by atoms with Crippen molar-refractivity contribution in [1.29, 1.82) is 0 Å². The smallest absolute Gasteiger partial charge is 0.231 e. The van der Waals surface area contributed by atoms with Crippen LogP contribution >= 0.6 is 0 Å². The predicted octanol–water partition coefficient (Wildman–Crippen LogP) is 1.58. The van der Waals surface area contributed by atoms with Crippen molar-refractivity contribution >= 4 is 11.6 Å². The largest absolute Gasteiger partial charge is 0.377 e. The lowest BCUT2D eigenvalue weighted by atomic mass is 10.1. The number of pyridine rings is 1. The maximum Gasteiger partial charge on any atom is 0.231 e. The highest BCUT2D eigenvalue weighted by Crippen LogP contribution is 2.21. The Morgan fingerprint density at radius 3 is 2.73 bits per heavy atom. The Bertz CT molecular complexity index is 616. The molecule has 3 rings (SSSR count). The van der Waals surface area contributed by atoms with E-state index in [9.17, 15) is 0 Å². The molecule has 2 aromatic heterocycles. The van der Waals surface area contributed by atoms with Crippen LogP contribution in [0.4, 0.5) is 5.95 Å². The van der Waals surface area contributed by atoms with Gasteiger partial charge in [0.25, 0.3) is 0 Å². The molecule has 0 N–H and O–H groups in total. The van der Waals surface area contributed by atoms with Crippen LogP contribution in [0, 0.1) is 6.92 Å². The summed E-state index contributed by atoms with van der Waals surface area (Å²) in [5, 5.41) is 8.62. The van der Waals surface area contributed by atoms with E-state index >= 15 is 0 Å². The SMILES string of the molecule is Cc1ccc2nnc(N3CCC(OCCN(C)C)CC3)n2c1. The Labute approximate surface area is 131 Å². The van der Waals surface area contributed by atoms with Gasteiger partial charge >= 0.3 is 0 Å². The molecule has 1 fully saturated rings. The Morgan fingerprint density at radius 1 is 1.23 bits per heavy atom. The Balaban J connectivity index is 1.59. The second kappa shape index (κ2) is 6.62. The van der Waals surface area contributed by atoms with E-state index in [1.54, 1.807) is 0 Å². The molecule has 0 unspecified atom stereocenters. The first kappa shape index (κ1) is 15.2. The number of piperidine rings is 1. The fraction of sp³-hybridized carbons (Fsp3) is 0.625. The number of aromatic nitrogens is 3. The Kier molecular flexibility index (Phi) is 4.59. The van der Waals surface area contributed by atoms with Gasteiger partial charge < -0.3 is 14.5 Å². The van der Waals surface area contributed by atoms with E-state index in [0.29, 0.717) is 6.10 Å². The van der Waals surface area contributed by atoms with Gasteiger partial charge in [0.15, 0.2) is 5.65 Å². The molecule has 0 amide bonds. The van der Waals surface area contributed by atoms with E-state index in [1.807, 2.05) is 6.07 Å². The third kappa shape index (κ3) is 3.39. The molecule has 1 aliphatic heterocycles. The minimum atomic E-state index is 0.372. The molecule has 0 bridgehead atoms. The summed E-state index contributed by atoms with van der Waals surface area (Å²) in [7, 11) is 4.15. The van der Waals surface area contributed by atoms with Crippen LogP contribution < -0.4 is 4.90 Å². The number of ether oxygens (including phenoxy) is 1. The molecular weight excluding hydrogens is 278 g/mol. The van der Waals surface area contributed by atoms with E-state index in [2.05, 4.69) is 57.7 Å². The second-order valence-corrected chi connectivity index (χ2v) is 6.30. The predicted molar refractivity (Wildman–Crippen MR) is 87.5 cm³/mol. The van der Waals surface area contributed by atoms with Gasteiger partial charge in [-0.1, -0.05) is 6.07 Å². The van der Waals surface area contributed by atoms with Gasteiger partial charge in [-0.2, -0.15) is 0 Å². The Hall–Kier alpha value is -1.66. The van der Waals surface area contributed by atoms with Crippen molar-refractivity contribution in [3.05, 3.63) is 23.9 Å². The third-order valence-corrected chi connectivity index (χ3v) is 4.15. The van der Waals surface area contributed by atoms with Crippen molar-refractivity contribution < 1.29 is 4.74 Å². The molecule has 0 atom stereocenters. The molecule has 1 saturated heterocycles. The summed E-state index contributed by atoms with van der Waals surface area (Å²) >= 11 is 0. The average molecular weight is 303 g/mol. The minimum absolute atomic E-state index is 0.372. The van der Waals surface area contributed by atoms with Gasteiger partial charge in [-0.05, 0) is 45.5 Å². The van der Waals surface area contributed by atoms with Crippen molar-refractivity contribution in [2.45, 2.75) is 25.9 Å². The highest BCUT2D eigenvalue weighted by molar-refractivity contribution is 5.47. The lowest BCUT2D eigenvalue weighted by Crippen LogP contribution is -2.38. The molecule has 2 aromatic rings. The molecule has 120 valence electrons. The summed E-state index contributed by atoms with van der Waals surface area (Å²) in [6.07, 6.45) is 4.57. The van der Waals surface area contributed by atoms with Crippen molar-refractivity contribution in [2.75, 3.05) is 45.2 Å². The zero-order chi connectivity index (χ0) is 15.5. The average Bonchev–Trinajstić information content (AvgIpc) is 2.90. The van der Waals surface area contributed by atoms with Crippen LogP contribution in [-0.2, 0) is 4.74 Å². The molecule has 3 heterocycles. The van der Waals surface area contributed by atoms with Gasteiger partial charge in [-0.15, -0.1) is 10.2 Å². The zero-order valence-electron chi connectivity index (χ0n) is 13.7. The van der Waals surface area contributed by atoms with Gasteiger partial charge in [0.1, 0.15) is 0 Å². The fourth-order valence-corrected chi connectivity index (χ4v) is 2.82. The van der Waals surface area contributed by atoms with E-state index in [1.165, 1.54) is 5.56 Å². The number of likely N-dealkylation sites (N-methyl/N-ethyl adjacent to an activating group) is 1. The quantitative estimate of drug-likeness (QED) is 0.839. The van der Waals surface area contributed by atoms with Crippen molar-refractivity contribution in [2.24, 2.45) is 0 Å². The third-order valence-electron chi connectivity index (χ3n) is 4.15. The summed E-state index contributed by atoms with van der Waals surface area (Å²) in [4.78, 5) is 4.46. The molecule has 6 heteroatoms. The van der Waals surface area contributed by atoms with Crippen LogP contribution in [0.2, 0.25) is 0 Å². The van der Waals surface area contributed by atoms with Crippen LogP contribution in [0.3, 0.4) is 0 Å². The topological polar surface area (TPSA) is 45.9 Å².